The third kappa shape index (κ3) is 3.25. The maximum Gasteiger partial charge on any atom is 0.323 e. The molecule has 5 heteroatoms. The van der Waals surface area contributed by atoms with E-state index >= 15 is 0 Å². The van der Waals surface area contributed by atoms with E-state index in [-0.39, 0.29) is 5.97 Å². The van der Waals surface area contributed by atoms with Gasteiger partial charge >= 0.3 is 5.97 Å². The summed E-state index contributed by atoms with van der Waals surface area (Å²) in [6.45, 7) is 1.83. The Kier molecular flexibility index (Phi) is 4.22. The molecule has 0 spiro atoms. The van der Waals surface area contributed by atoms with Crippen molar-refractivity contribution in [3.8, 4) is 0 Å². The number of carbonyl (C=O) groups excluding carboxylic acids is 1. The van der Waals surface area contributed by atoms with Gasteiger partial charge in [-0.2, -0.15) is 0 Å². The highest BCUT2D eigenvalue weighted by Crippen LogP contribution is 2.19. The number of para-hydroxylation sites is 1. The number of ether oxygens (including phenoxy) is 2. The number of esters is 1. The molecule has 2 aromatic rings. The molecule has 1 fully saturated rings. The minimum Gasteiger partial charge on any atom is -0.464 e. The van der Waals surface area contributed by atoms with Crippen molar-refractivity contribution >= 4 is 16.9 Å². The summed E-state index contributed by atoms with van der Waals surface area (Å²) in [4.78, 5) is 15.1. The molecule has 0 aliphatic carbocycles. The SMILES string of the molecule is NC(Cc1c[nH]c2ccccc12)C(=O)OCC1CCOC1. The molecule has 0 amide bonds. The molecule has 0 bridgehead atoms. The van der Waals surface area contributed by atoms with Gasteiger partial charge in [-0.15, -0.1) is 0 Å². The largest absolute Gasteiger partial charge is 0.464 e. The molecule has 2 atom stereocenters. The molecule has 2 unspecified atom stereocenters. The lowest BCUT2D eigenvalue weighted by molar-refractivity contribution is -0.146. The summed E-state index contributed by atoms with van der Waals surface area (Å²) >= 11 is 0. The number of carbonyl (C=O) groups is 1. The molecule has 21 heavy (non-hydrogen) atoms. The second-order valence-electron chi connectivity index (χ2n) is 5.53. The summed E-state index contributed by atoms with van der Waals surface area (Å²) in [5.41, 5.74) is 8.06. The fourth-order valence-electron chi connectivity index (χ4n) is 2.64. The van der Waals surface area contributed by atoms with Gasteiger partial charge < -0.3 is 20.2 Å². The van der Waals surface area contributed by atoms with Crippen molar-refractivity contribution in [1.29, 1.82) is 0 Å². The molecule has 0 saturated carbocycles. The van der Waals surface area contributed by atoms with Crippen LogP contribution in [0, 0.1) is 5.92 Å². The fraction of sp³-hybridized carbons (Fsp3) is 0.438. The van der Waals surface area contributed by atoms with E-state index < -0.39 is 6.04 Å². The minimum atomic E-state index is -0.633. The summed E-state index contributed by atoms with van der Waals surface area (Å²) in [6.07, 6.45) is 3.33. The van der Waals surface area contributed by atoms with Gasteiger partial charge in [-0.25, -0.2) is 0 Å². The third-order valence-electron chi connectivity index (χ3n) is 3.90. The van der Waals surface area contributed by atoms with Crippen molar-refractivity contribution in [3.63, 3.8) is 0 Å². The molecule has 3 N–H and O–H groups in total. The molecule has 1 saturated heterocycles. The fourth-order valence-corrected chi connectivity index (χ4v) is 2.64. The molecule has 3 rings (SSSR count). The van der Waals surface area contributed by atoms with Crippen LogP contribution in [0.4, 0.5) is 0 Å². The Morgan fingerprint density at radius 3 is 3.14 bits per heavy atom. The number of aromatic amines is 1. The van der Waals surface area contributed by atoms with E-state index in [2.05, 4.69) is 4.98 Å². The zero-order chi connectivity index (χ0) is 14.7. The Morgan fingerprint density at radius 2 is 2.33 bits per heavy atom. The molecule has 112 valence electrons. The van der Waals surface area contributed by atoms with Crippen molar-refractivity contribution in [2.45, 2.75) is 18.9 Å². The summed E-state index contributed by atoms with van der Waals surface area (Å²) in [7, 11) is 0. The van der Waals surface area contributed by atoms with Crippen molar-refractivity contribution < 1.29 is 14.3 Å². The standard InChI is InChI=1S/C16H20N2O3/c17-14(16(19)21-10-11-5-6-20-9-11)7-12-8-18-15-4-2-1-3-13(12)15/h1-4,8,11,14,18H,5-7,9-10,17H2. The van der Waals surface area contributed by atoms with Crippen LogP contribution >= 0.6 is 0 Å². The zero-order valence-electron chi connectivity index (χ0n) is 11.9. The number of hydrogen-bond acceptors (Lipinski definition) is 4. The normalized spacial score (nSPS) is 19.8. The molecule has 0 radical (unpaired) electrons. The van der Waals surface area contributed by atoms with Gasteiger partial charge in [0.15, 0.2) is 0 Å². The van der Waals surface area contributed by atoms with Gasteiger partial charge in [0, 0.05) is 36.0 Å². The smallest absolute Gasteiger partial charge is 0.323 e. The molecule has 1 aromatic heterocycles. The number of fused-ring (bicyclic) bond motifs is 1. The molecule has 1 aliphatic heterocycles. The summed E-state index contributed by atoms with van der Waals surface area (Å²) in [5.74, 6) is -0.0265. The second-order valence-corrected chi connectivity index (χ2v) is 5.53. The maximum absolute atomic E-state index is 12.0. The van der Waals surface area contributed by atoms with Crippen LogP contribution in [0.15, 0.2) is 30.5 Å². The van der Waals surface area contributed by atoms with Crippen LogP contribution in [0.3, 0.4) is 0 Å². The number of nitrogens with two attached hydrogens (primary N) is 1. The van der Waals surface area contributed by atoms with E-state index in [0.29, 0.717) is 25.6 Å². The molecule has 5 nitrogen and oxygen atoms in total. The first-order valence-electron chi connectivity index (χ1n) is 7.29. The Bertz CT molecular complexity index is 617. The molecule has 1 aromatic carbocycles. The average Bonchev–Trinajstić information content (AvgIpc) is 3.15. The van der Waals surface area contributed by atoms with Crippen molar-refractivity contribution in [1.82, 2.24) is 4.98 Å². The Hall–Kier alpha value is -1.85. The predicted molar refractivity (Wildman–Crippen MR) is 79.9 cm³/mol. The highest BCUT2D eigenvalue weighted by molar-refractivity contribution is 5.84. The zero-order valence-corrected chi connectivity index (χ0v) is 11.9. The van der Waals surface area contributed by atoms with Crippen molar-refractivity contribution in [2.75, 3.05) is 19.8 Å². The van der Waals surface area contributed by atoms with Gasteiger partial charge in [0.05, 0.1) is 13.2 Å². The molecular weight excluding hydrogens is 268 g/mol. The molecular formula is C16H20N2O3. The Morgan fingerprint density at radius 1 is 1.48 bits per heavy atom. The van der Waals surface area contributed by atoms with Crippen LogP contribution < -0.4 is 5.73 Å². The third-order valence-corrected chi connectivity index (χ3v) is 3.90. The van der Waals surface area contributed by atoms with Crippen LogP contribution in [0.1, 0.15) is 12.0 Å². The van der Waals surface area contributed by atoms with Crippen LogP contribution in [-0.2, 0) is 20.7 Å². The summed E-state index contributed by atoms with van der Waals surface area (Å²) in [6, 6.07) is 7.34. The van der Waals surface area contributed by atoms with E-state index in [4.69, 9.17) is 15.2 Å². The predicted octanol–water partition coefficient (Wildman–Crippen LogP) is 1.62. The summed E-state index contributed by atoms with van der Waals surface area (Å²) < 4.78 is 10.6. The number of aromatic nitrogens is 1. The van der Waals surface area contributed by atoms with Gasteiger partial charge in [0.1, 0.15) is 6.04 Å². The second kappa shape index (κ2) is 6.28. The van der Waals surface area contributed by atoms with Crippen molar-refractivity contribution in [3.05, 3.63) is 36.0 Å². The lowest BCUT2D eigenvalue weighted by atomic mass is 10.1. The van der Waals surface area contributed by atoms with Crippen molar-refractivity contribution in [2.24, 2.45) is 11.7 Å². The van der Waals surface area contributed by atoms with Crippen LogP contribution in [0.25, 0.3) is 10.9 Å². The number of H-pyrrole nitrogens is 1. The highest BCUT2D eigenvalue weighted by Gasteiger charge is 2.21. The van der Waals surface area contributed by atoms with E-state index in [0.717, 1.165) is 29.5 Å². The van der Waals surface area contributed by atoms with Crippen LogP contribution in [0.2, 0.25) is 0 Å². The Balaban J connectivity index is 1.57. The van der Waals surface area contributed by atoms with Crippen LogP contribution in [0.5, 0.6) is 0 Å². The van der Waals surface area contributed by atoms with E-state index in [1.54, 1.807) is 0 Å². The highest BCUT2D eigenvalue weighted by atomic mass is 16.5. The van der Waals surface area contributed by atoms with E-state index in [1.165, 1.54) is 0 Å². The van der Waals surface area contributed by atoms with Gasteiger partial charge in [-0.1, -0.05) is 18.2 Å². The number of nitrogens with one attached hydrogen (secondary N) is 1. The average molecular weight is 288 g/mol. The van der Waals surface area contributed by atoms with Gasteiger partial charge in [0.2, 0.25) is 0 Å². The minimum absolute atomic E-state index is 0.314. The summed E-state index contributed by atoms with van der Waals surface area (Å²) in [5, 5.41) is 1.10. The number of hydrogen-bond donors (Lipinski definition) is 2. The molecule has 2 heterocycles. The molecule has 1 aliphatic rings. The van der Waals surface area contributed by atoms with Gasteiger partial charge in [-0.3, -0.25) is 4.79 Å². The van der Waals surface area contributed by atoms with E-state index in [9.17, 15) is 4.79 Å². The lowest BCUT2D eigenvalue weighted by Crippen LogP contribution is -2.35. The van der Waals surface area contributed by atoms with Crippen LogP contribution in [-0.4, -0.2) is 36.8 Å². The van der Waals surface area contributed by atoms with E-state index in [1.807, 2.05) is 30.5 Å². The first-order valence-corrected chi connectivity index (χ1v) is 7.29. The number of rotatable bonds is 5. The first-order chi connectivity index (χ1) is 10.2. The van der Waals surface area contributed by atoms with Gasteiger partial charge in [-0.05, 0) is 18.1 Å². The lowest BCUT2D eigenvalue weighted by Gasteiger charge is -2.13. The van der Waals surface area contributed by atoms with Gasteiger partial charge in [0.25, 0.3) is 0 Å². The quantitative estimate of drug-likeness (QED) is 0.820. The topological polar surface area (TPSA) is 77.3 Å². The Labute approximate surface area is 123 Å². The maximum atomic E-state index is 12.0. The monoisotopic (exact) mass is 288 g/mol. The number of benzene rings is 1. The first kappa shape index (κ1) is 14.1.